The predicted octanol–water partition coefficient (Wildman–Crippen LogP) is 1.06. The van der Waals surface area contributed by atoms with E-state index >= 15 is 0 Å². The van der Waals surface area contributed by atoms with Crippen molar-refractivity contribution in [3.8, 4) is 0 Å². The van der Waals surface area contributed by atoms with Crippen LogP contribution in [0.5, 0.6) is 0 Å². The Morgan fingerprint density at radius 1 is 1.22 bits per heavy atom. The molecule has 3 aromatic heterocycles. The molecule has 0 saturated heterocycles. The first-order valence-electron chi connectivity index (χ1n) is 5.52. The number of fused-ring (bicyclic) bond motifs is 1. The Bertz CT molecular complexity index is 713. The van der Waals surface area contributed by atoms with Gasteiger partial charge in [0.15, 0.2) is 11.5 Å². The normalized spacial score (nSPS) is 11.2. The van der Waals surface area contributed by atoms with E-state index < -0.39 is 0 Å². The van der Waals surface area contributed by atoms with Gasteiger partial charge in [0.05, 0.1) is 6.54 Å². The van der Waals surface area contributed by atoms with Gasteiger partial charge in [-0.1, -0.05) is 5.16 Å². The maximum absolute atomic E-state index is 5.88. The predicted molar refractivity (Wildman–Crippen MR) is 64.8 cm³/mol. The van der Waals surface area contributed by atoms with Crippen LogP contribution in [-0.4, -0.2) is 24.7 Å². The maximum Gasteiger partial charge on any atom is 0.223 e. The molecule has 0 spiro atoms. The summed E-state index contributed by atoms with van der Waals surface area (Å²) in [4.78, 5) is 12.8. The van der Waals surface area contributed by atoms with Gasteiger partial charge in [-0.15, -0.1) is 0 Å². The Morgan fingerprint density at radius 3 is 2.78 bits per heavy atom. The molecule has 0 amide bonds. The fourth-order valence-corrected chi connectivity index (χ4v) is 1.82. The lowest BCUT2D eigenvalue weighted by molar-refractivity contribution is 0.386. The van der Waals surface area contributed by atoms with Gasteiger partial charge in [-0.3, -0.25) is 4.57 Å². The number of nitrogens with two attached hydrogens (primary N) is 1. The molecule has 0 aromatic carbocycles. The van der Waals surface area contributed by atoms with E-state index in [2.05, 4.69) is 20.1 Å². The Labute approximate surface area is 103 Å². The van der Waals surface area contributed by atoms with Crippen molar-refractivity contribution in [2.45, 2.75) is 20.4 Å². The van der Waals surface area contributed by atoms with E-state index in [1.807, 2.05) is 19.1 Å². The molecule has 2 N–H and O–H groups in total. The summed E-state index contributed by atoms with van der Waals surface area (Å²) in [5, 5.41) is 3.84. The molecular weight excluding hydrogens is 232 g/mol. The number of aromatic nitrogens is 5. The van der Waals surface area contributed by atoms with Crippen LogP contribution in [0.2, 0.25) is 0 Å². The molecule has 0 aliphatic heterocycles. The lowest BCUT2D eigenvalue weighted by Crippen LogP contribution is -2.06. The van der Waals surface area contributed by atoms with Crippen molar-refractivity contribution in [2.24, 2.45) is 0 Å². The van der Waals surface area contributed by atoms with Gasteiger partial charge in [0.1, 0.15) is 5.52 Å². The lowest BCUT2D eigenvalue weighted by atomic mass is 10.3. The van der Waals surface area contributed by atoms with Crippen LogP contribution in [-0.2, 0) is 6.54 Å². The van der Waals surface area contributed by atoms with Crippen molar-refractivity contribution < 1.29 is 4.52 Å². The Balaban J connectivity index is 2.10. The summed E-state index contributed by atoms with van der Waals surface area (Å²) in [7, 11) is 0. The van der Waals surface area contributed by atoms with Crippen molar-refractivity contribution in [3.63, 3.8) is 0 Å². The highest BCUT2D eigenvalue weighted by atomic mass is 16.5. The lowest BCUT2D eigenvalue weighted by Gasteiger charge is -2.02. The summed E-state index contributed by atoms with van der Waals surface area (Å²) < 4.78 is 6.70. The number of imidazole rings is 1. The zero-order valence-electron chi connectivity index (χ0n) is 10.1. The molecule has 0 radical (unpaired) electrons. The van der Waals surface area contributed by atoms with Gasteiger partial charge < -0.3 is 10.3 Å². The van der Waals surface area contributed by atoms with Crippen LogP contribution in [0.3, 0.4) is 0 Å². The second-order valence-electron chi connectivity index (χ2n) is 4.08. The molecule has 0 unspecified atom stereocenters. The standard InChI is InChI=1S/C11H12N6O/c1-6-3-4-8-10(13-6)17(11(12)15-8)5-9-14-7(2)18-16-9/h3-4H,5H2,1-2H3,(H2,12,15). The summed E-state index contributed by atoms with van der Waals surface area (Å²) >= 11 is 0. The van der Waals surface area contributed by atoms with Gasteiger partial charge in [-0.2, -0.15) is 4.98 Å². The molecular formula is C11H12N6O. The number of hydrogen-bond acceptors (Lipinski definition) is 6. The van der Waals surface area contributed by atoms with E-state index in [1.165, 1.54) is 0 Å². The van der Waals surface area contributed by atoms with E-state index in [4.69, 9.17) is 10.3 Å². The molecule has 3 aromatic rings. The first-order chi connectivity index (χ1) is 8.63. The van der Waals surface area contributed by atoms with Gasteiger partial charge in [0.25, 0.3) is 0 Å². The molecule has 0 atom stereocenters. The van der Waals surface area contributed by atoms with Crippen molar-refractivity contribution >= 4 is 17.1 Å². The quantitative estimate of drug-likeness (QED) is 0.724. The maximum atomic E-state index is 5.88. The number of nitrogen functional groups attached to an aromatic ring is 1. The van der Waals surface area contributed by atoms with Crippen LogP contribution < -0.4 is 5.73 Å². The molecule has 3 rings (SSSR count). The Kier molecular flexibility index (Phi) is 2.26. The number of hydrogen-bond donors (Lipinski definition) is 1. The second kappa shape index (κ2) is 3.80. The summed E-state index contributed by atoms with van der Waals surface area (Å²) in [6.45, 7) is 4.07. The second-order valence-corrected chi connectivity index (χ2v) is 4.08. The molecule has 0 aliphatic rings. The fourth-order valence-electron chi connectivity index (χ4n) is 1.82. The zero-order chi connectivity index (χ0) is 12.7. The third-order valence-electron chi connectivity index (χ3n) is 2.63. The summed E-state index contributed by atoms with van der Waals surface area (Å²) in [5.74, 6) is 1.48. The first-order valence-corrected chi connectivity index (χ1v) is 5.52. The number of rotatable bonds is 2. The van der Waals surface area contributed by atoms with Crippen LogP contribution >= 0.6 is 0 Å². The van der Waals surface area contributed by atoms with Crippen molar-refractivity contribution in [3.05, 3.63) is 29.5 Å². The largest absolute Gasteiger partial charge is 0.369 e. The summed E-state index contributed by atoms with van der Waals surface area (Å²) in [6, 6.07) is 3.80. The first kappa shape index (κ1) is 10.7. The van der Waals surface area contributed by atoms with Crippen LogP contribution in [0, 0.1) is 13.8 Å². The molecule has 0 fully saturated rings. The van der Waals surface area contributed by atoms with Gasteiger partial charge >= 0.3 is 0 Å². The van der Waals surface area contributed by atoms with Crippen molar-refractivity contribution in [1.82, 2.24) is 24.7 Å². The number of aryl methyl sites for hydroxylation is 2. The average molecular weight is 244 g/mol. The van der Waals surface area contributed by atoms with Gasteiger partial charge in [-0.25, -0.2) is 9.97 Å². The molecule has 7 nitrogen and oxygen atoms in total. The smallest absolute Gasteiger partial charge is 0.223 e. The topological polar surface area (TPSA) is 95.7 Å². The van der Waals surface area contributed by atoms with Crippen LogP contribution in [0.25, 0.3) is 11.2 Å². The third kappa shape index (κ3) is 1.69. The van der Waals surface area contributed by atoms with E-state index in [0.29, 0.717) is 24.2 Å². The van der Waals surface area contributed by atoms with Gasteiger partial charge in [0.2, 0.25) is 11.8 Å². The highest BCUT2D eigenvalue weighted by molar-refractivity contribution is 5.74. The number of pyridine rings is 1. The van der Waals surface area contributed by atoms with E-state index in [9.17, 15) is 0 Å². The van der Waals surface area contributed by atoms with Crippen molar-refractivity contribution in [1.29, 1.82) is 0 Å². The molecule has 0 bridgehead atoms. The summed E-state index contributed by atoms with van der Waals surface area (Å²) in [5.41, 5.74) is 8.29. The highest BCUT2D eigenvalue weighted by Crippen LogP contribution is 2.17. The van der Waals surface area contributed by atoms with Gasteiger partial charge in [-0.05, 0) is 19.1 Å². The minimum Gasteiger partial charge on any atom is -0.369 e. The molecule has 3 heterocycles. The third-order valence-corrected chi connectivity index (χ3v) is 2.63. The molecule has 0 aliphatic carbocycles. The zero-order valence-corrected chi connectivity index (χ0v) is 10.1. The average Bonchev–Trinajstić information content (AvgIpc) is 2.86. The summed E-state index contributed by atoms with van der Waals surface area (Å²) in [6.07, 6.45) is 0. The van der Waals surface area contributed by atoms with Crippen LogP contribution in [0.4, 0.5) is 5.95 Å². The van der Waals surface area contributed by atoms with Gasteiger partial charge in [0, 0.05) is 12.6 Å². The highest BCUT2D eigenvalue weighted by Gasteiger charge is 2.12. The molecule has 7 heteroatoms. The SMILES string of the molecule is Cc1ccc2nc(N)n(Cc3noc(C)n3)c2n1. The monoisotopic (exact) mass is 244 g/mol. The Morgan fingerprint density at radius 2 is 2.06 bits per heavy atom. The molecule has 92 valence electrons. The number of anilines is 1. The van der Waals surface area contributed by atoms with E-state index in [1.54, 1.807) is 11.5 Å². The van der Waals surface area contributed by atoms with Crippen LogP contribution in [0.1, 0.15) is 17.4 Å². The number of nitrogens with zero attached hydrogens (tertiary/aromatic N) is 5. The van der Waals surface area contributed by atoms with E-state index in [-0.39, 0.29) is 0 Å². The molecule has 0 saturated carbocycles. The minimum absolute atomic E-state index is 0.394. The van der Waals surface area contributed by atoms with Crippen molar-refractivity contribution in [2.75, 3.05) is 5.73 Å². The fraction of sp³-hybridized carbons (Fsp3) is 0.273. The molecule has 18 heavy (non-hydrogen) atoms. The van der Waals surface area contributed by atoms with Crippen LogP contribution in [0.15, 0.2) is 16.7 Å². The van der Waals surface area contributed by atoms with E-state index in [0.717, 1.165) is 16.9 Å². The minimum atomic E-state index is 0.394. The Hall–Kier alpha value is -2.44.